The normalized spacial score (nSPS) is 12.6. The highest BCUT2D eigenvalue weighted by Gasteiger charge is 2.31. The summed E-state index contributed by atoms with van der Waals surface area (Å²) in [7, 11) is 1.35. The van der Waals surface area contributed by atoms with E-state index in [4.69, 9.17) is 5.73 Å². The van der Waals surface area contributed by atoms with Crippen LogP contribution in [0, 0.1) is 0 Å². The second-order valence-corrected chi connectivity index (χ2v) is 6.23. The molecular formula is C17H16F3N7O2. The number of nitrogens with zero attached hydrogens (tertiary/aromatic N) is 4. The number of anilines is 2. The molecule has 2 amide bonds. The molecule has 3 aromatic heterocycles. The SMILES string of the molecule is CC(c1ccc(C(F)(F)F)cn1)N(C)C(=O)C(=O)Nc1cnc(N)c2cn[nH]c12. The number of alkyl halides is 3. The van der Waals surface area contributed by atoms with Crippen molar-refractivity contribution in [3.8, 4) is 0 Å². The molecule has 3 heterocycles. The smallest absolute Gasteiger partial charge is 0.383 e. The molecule has 0 bridgehead atoms. The number of hydrogen-bond acceptors (Lipinski definition) is 6. The van der Waals surface area contributed by atoms with Gasteiger partial charge < -0.3 is 16.0 Å². The number of nitrogen functional groups attached to an aromatic ring is 1. The highest BCUT2D eigenvalue weighted by Crippen LogP contribution is 2.29. The first-order valence-corrected chi connectivity index (χ1v) is 8.28. The zero-order valence-electron chi connectivity index (χ0n) is 15.3. The Morgan fingerprint density at radius 1 is 1.21 bits per heavy atom. The monoisotopic (exact) mass is 407 g/mol. The van der Waals surface area contributed by atoms with Crippen molar-refractivity contribution < 1.29 is 22.8 Å². The van der Waals surface area contributed by atoms with Crippen LogP contribution in [0.4, 0.5) is 24.7 Å². The first-order chi connectivity index (χ1) is 13.6. The zero-order valence-corrected chi connectivity index (χ0v) is 15.3. The number of rotatable bonds is 3. The molecular weight excluding hydrogens is 391 g/mol. The number of carbonyl (C=O) groups excluding carboxylic acids is 2. The standard InChI is InChI=1S/C17H16F3N7O2/c1-8(11-4-3-9(5-22-11)17(18,19)20)27(2)16(29)15(28)25-12-7-23-14(21)10-6-24-26-13(10)12/h3-8H,1-2H3,(H2,21,23)(H,24,26)(H,25,28). The molecule has 9 nitrogen and oxygen atoms in total. The van der Waals surface area contributed by atoms with Crippen molar-refractivity contribution in [2.75, 3.05) is 18.1 Å². The van der Waals surface area contributed by atoms with Gasteiger partial charge >= 0.3 is 18.0 Å². The van der Waals surface area contributed by atoms with Crippen molar-refractivity contribution in [2.24, 2.45) is 0 Å². The van der Waals surface area contributed by atoms with Gasteiger partial charge in [0.25, 0.3) is 0 Å². The number of carbonyl (C=O) groups is 2. The lowest BCUT2D eigenvalue weighted by atomic mass is 10.1. The van der Waals surface area contributed by atoms with E-state index in [1.807, 2.05) is 0 Å². The van der Waals surface area contributed by atoms with E-state index in [1.54, 1.807) is 6.92 Å². The number of H-pyrrole nitrogens is 1. The Bertz CT molecular complexity index is 1060. The maximum Gasteiger partial charge on any atom is 0.417 e. The molecule has 0 aliphatic heterocycles. The van der Waals surface area contributed by atoms with Crippen LogP contribution in [-0.2, 0) is 15.8 Å². The fourth-order valence-corrected chi connectivity index (χ4v) is 2.58. The van der Waals surface area contributed by atoms with Crippen molar-refractivity contribution in [2.45, 2.75) is 19.1 Å². The molecule has 152 valence electrons. The molecule has 0 saturated carbocycles. The van der Waals surface area contributed by atoms with E-state index in [0.29, 0.717) is 17.1 Å². The average Bonchev–Trinajstić information content (AvgIpc) is 3.19. The van der Waals surface area contributed by atoms with E-state index in [2.05, 4.69) is 25.5 Å². The van der Waals surface area contributed by atoms with E-state index in [9.17, 15) is 22.8 Å². The van der Waals surface area contributed by atoms with Crippen LogP contribution in [0.1, 0.15) is 24.2 Å². The molecule has 3 aromatic rings. The molecule has 0 aliphatic rings. The lowest BCUT2D eigenvalue weighted by Crippen LogP contribution is -2.38. The third-order valence-corrected chi connectivity index (χ3v) is 4.40. The summed E-state index contributed by atoms with van der Waals surface area (Å²) in [5, 5.41) is 9.38. The van der Waals surface area contributed by atoms with Crippen LogP contribution >= 0.6 is 0 Å². The number of halogens is 3. The minimum Gasteiger partial charge on any atom is -0.383 e. The Balaban J connectivity index is 1.74. The van der Waals surface area contributed by atoms with E-state index in [-0.39, 0.29) is 17.2 Å². The van der Waals surface area contributed by atoms with Crippen molar-refractivity contribution in [3.05, 3.63) is 42.0 Å². The molecule has 0 fully saturated rings. The molecule has 29 heavy (non-hydrogen) atoms. The molecule has 0 radical (unpaired) electrons. The third kappa shape index (κ3) is 3.95. The largest absolute Gasteiger partial charge is 0.417 e. The second kappa shape index (κ2) is 7.37. The summed E-state index contributed by atoms with van der Waals surface area (Å²) in [5.74, 6) is -1.67. The van der Waals surface area contributed by atoms with E-state index in [0.717, 1.165) is 17.0 Å². The number of aromatic nitrogens is 4. The van der Waals surface area contributed by atoms with Crippen LogP contribution < -0.4 is 11.1 Å². The summed E-state index contributed by atoms with van der Waals surface area (Å²) < 4.78 is 38.0. The van der Waals surface area contributed by atoms with Gasteiger partial charge in [0.05, 0.1) is 46.3 Å². The van der Waals surface area contributed by atoms with Gasteiger partial charge in [0, 0.05) is 13.2 Å². The Hall–Kier alpha value is -3.70. The summed E-state index contributed by atoms with van der Waals surface area (Å²) in [6.07, 6.45) is -1.12. The highest BCUT2D eigenvalue weighted by atomic mass is 19.4. The minimum absolute atomic E-state index is 0.201. The van der Waals surface area contributed by atoms with Gasteiger partial charge in [0.2, 0.25) is 0 Å². The van der Waals surface area contributed by atoms with Crippen molar-refractivity contribution in [3.63, 3.8) is 0 Å². The summed E-state index contributed by atoms with van der Waals surface area (Å²) in [6.45, 7) is 1.54. The van der Waals surface area contributed by atoms with Crippen molar-refractivity contribution in [1.29, 1.82) is 0 Å². The van der Waals surface area contributed by atoms with Gasteiger partial charge in [-0.1, -0.05) is 0 Å². The number of pyridine rings is 2. The van der Waals surface area contributed by atoms with Gasteiger partial charge in [0.15, 0.2) is 0 Å². The lowest BCUT2D eigenvalue weighted by molar-refractivity contribution is -0.143. The lowest BCUT2D eigenvalue weighted by Gasteiger charge is -2.24. The summed E-state index contributed by atoms with van der Waals surface area (Å²) in [4.78, 5) is 33.6. The van der Waals surface area contributed by atoms with Gasteiger partial charge in [-0.25, -0.2) is 4.98 Å². The van der Waals surface area contributed by atoms with Gasteiger partial charge in [-0.3, -0.25) is 19.7 Å². The van der Waals surface area contributed by atoms with Crippen LogP contribution in [0.25, 0.3) is 10.9 Å². The van der Waals surface area contributed by atoms with Gasteiger partial charge in [0.1, 0.15) is 5.82 Å². The predicted molar refractivity (Wildman–Crippen MR) is 97.4 cm³/mol. The maximum atomic E-state index is 12.7. The fraction of sp³-hybridized carbons (Fsp3) is 0.235. The Morgan fingerprint density at radius 2 is 1.93 bits per heavy atom. The average molecular weight is 407 g/mol. The number of aromatic amines is 1. The Morgan fingerprint density at radius 3 is 2.55 bits per heavy atom. The topological polar surface area (TPSA) is 130 Å². The highest BCUT2D eigenvalue weighted by molar-refractivity contribution is 6.40. The van der Waals surface area contributed by atoms with Crippen molar-refractivity contribution >= 4 is 34.2 Å². The van der Waals surface area contributed by atoms with Crippen LogP contribution in [-0.4, -0.2) is 43.9 Å². The molecule has 0 aliphatic carbocycles. The Labute approximate surface area is 162 Å². The molecule has 0 spiro atoms. The van der Waals surface area contributed by atoms with Crippen molar-refractivity contribution in [1.82, 2.24) is 25.1 Å². The first-order valence-electron chi connectivity index (χ1n) is 8.28. The first kappa shape index (κ1) is 20.0. The van der Waals surface area contributed by atoms with Crippen LogP contribution in [0.5, 0.6) is 0 Å². The van der Waals surface area contributed by atoms with Gasteiger partial charge in [-0.2, -0.15) is 18.3 Å². The molecule has 12 heteroatoms. The number of amides is 2. The van der Waals surface area contributed by atoms with Crippen LogP contribution in [0.3, 0.4) is 0 Å². The molecule has 1 unspecified atom stereocenters. The van der Waals surface area contributed by atoms with Gasteiger partial charge in [-0.05, 0) is 19.1 Å². The van der Waals surface area contributed by atoms with Crippen LogP contribution in [0.15, 0.2) is 30.7 Å². The zero-order chi connectivity index (χ0) is 21.3. The number of fused-ring (bicyclic) bond motifs is 1. The minimum atomic E-state index is -4.51. The molecule has 0 aromatic carbocycles. The predicted octanol–water partition coefficient (Wildman–Crippen LogP) is 2.11. The molecule has 4 N–H and O–H groups in total. The molecule has 1 atom stereocenters. The maximum absolute atomic E-state index is 12.7. The van der Waals surface area contributed by atoms with E-state index in [1.165, 1.54) is 19.4 Å². The third-order valence-electron chi connectivity index (χ3n) is 4.40. The summed E-state index contributed by atoms with van der Waals surface area (Å²) in [5.41, 5.74) is 5.62. The number of nitrogens with one attached hydrogen (secondary N) is 2. The Kier molecular flexibility index (Phi) is 5.10. The number of hydrogen-bond donors (Lipinski definition) is 3. The summed E-state index contributed by atoms with van der Waals surface area (Å²) in [6, 6.07) is 1.28. The van der Waals surface area contributed by atoms with E-state index < -0.39 is 29.6 Å². The fourth-order valence-electron chi connectivity index (χ4n) is 2.58. The van der Waals surface area contributed by atoms with Gasteiger partial charge in [-0.15, -0.1) is 0 Å². The van der Waals surface area contributed by atoms with E-state index >= 15 is 0 Å². The number of likely N-dealkylation sites (N-methyl/N-ethyl adjacent to an activating group) is 1. The van der Waals surface area contributed by atoms with Crippen LogP contribution in [0.2, 0.25) is 0 Å². The second-order valence-electron chi connectivity index (χ2n) is 6.23. The number of nitrogens with two attached hydrogens (primary N) is 1. The molecule has 0 saturated heterocycles. The molecule has 3 rings (SSSR count). The summed E-state index contributed by atoms with van der Waals surface area (Å²) >= 11 is 0. The quantitative estimate of drug-likeness (QED) is 0.570.